The van der Waals surface area contributed by atoms with Gasteiger partial charge in [0, 0.05) is 33.5 Å². The van der Waals surface area contributed by atoms with Crippen molar-refractivity contribution >= 4 is 72.2 Å². The molecule has 43 heavy (non-hydrogen) atoms. The molecule has 7 aromatic rings. The van der Waals surface area contributed by atoms with Gasteiger partial charge in [-0.25, -0.2) is 5.43 Å². The van der Waals surface area contributed by atoms with Gasteiger partial charge in [-0.3, -0.25) is 5.84 Å². The fourth-order valence-electron chi connectivity index (χ4n) is 6.74. The minimum absolute atomic E-state index is 0.238. The van der Waals surface area contributed by atoms with Crippen molar-refractivity contribution in [2.75, 3.05) is 0 Å². The van der Waals surface area contributed by atoms with Gasteiger partial charge < -0.3 is 8.98 Å². The second-order valence-corrected chi connectivity index (χ2v) is 11.2. The molecule has 0 saturated carbocycles. The van der Waals surface area contributed by atoms with E-state index in [0.717, 1.165) is 51.7 Å². The first-order valence-corrected chi connectivity index (χ1v) is 14.8. The van der Waals surface area contributed by atoms with Crippen molar-refractivity contribution in [1.82, 2.24) is 9.99 Å². The number of allylic oxidation sites excluding steroid dienone is 3. The molecule has 5 aromatic carbocycles. The summed E-state index contributed by atoms with van der Waals surface area (Å²) in [6.07, 6.45) is 12.5. The molecule has 2 heterocycles. The molecule has 0 fully saturated rings. The third-order valence-corrected chi connectivity index (χ3v) is 8.80. The number of para-hydroxylation sites is 1. The summed E-state index contributed by atoms with van der Waals surface area (Å²) in [4.78, 5) is 0. The molecular weight excluding hydrogens is 526 g/mol. The lowest BCUT2D eigenvalue weighted by Gasteiger charge is -2.24. The summed E-state index contributed by atoms with van der Waals surface area (Å²) in [5.41, 5.74) is 9.55. The van der Waals surface area contributed by atoms with E-state index in [1.807, 2.05) is 12.1 Å². The van der Waals surface area contributed by atoms with Gasteiger partial charge >= 0.3 is 0 Å². The molecule has 0 bridgehead atoms. The van der Waals surface area contributed by atoms with Crippen molar-refractivity contribution in [2.45, 2.75) is 18.9 Å². The lowest BCUT2D eigenvalue weighted by molar-refractivity contribution is 0.601. The van der Waals surface area contributed by atoms with Crippen LogP contribution in [0.3, 0.4) is 0 Å². The topological polar surface area (TPSA) is 56.1 Å². The maximum Gasteiger partial charge on any atom is 0.135 e. The van der Waals surface area contributed by atoms with Gasteiger partial charge in [-0.15, -0.1) is 0 Å². The molecule has 2 aromatic heterocycles. The summed E-state index contributed by atoms with van der Waals surface area (Å²) in [6, 6.07) is 34.3. The van der Waals surface area contributed by atoms with Crippen LogP contribution < -0.4 is 11.3 Å². The third-order valence-electron chi connectivity index (χ3n) is 8.80. The van der Waals surface area contributed by atoms with E-state index < -0.39 is 0 Å². The Kier molecular flexibility index (Phi) is 6.11. The number of aromatic nitrogens is 1. The summed E-state index contributed by atoms with van der Waals surface area (Å²) >= 11 is 0. The SMILES string of the molecule is C=Cc1oc2ccccc2c1/C(=C\n1c2cc3ccccc3cc2c2cc3ccccc3cc21)C(NN)C1=CC=CCC1. The predicted molar refractivity (Wildman–Crippen MR) is 182 cm³/mol. The molecule has 3 N–H and O–H groups in total. The van der Waals surface area contributed by atoms with Crippen LogP contribution in [0.1, 0.15) is 24.2 Å². The van der Waals surface area contributed by atoms with Crippen LogP contribution in [0.5, 0.6) is 0 Å². The molecule has 1 atom stereocenters. The average molecular weight is 558 g/mol. The number of nitrogens with zero attached hydrogens (tertiary/aromatic N) is 1. The van der Waals surface area contributed by atoms with Crippen molar-refractivity contribution in [2.24, 2.45) is 5.84 Å². The van der Waals surface area contributed by atoms with Gasteiger partial charge in [-0.1, -0.05) is 91.5 Å². The maximum absolute atomic E-state index is 6.43. The molecule has 0 radical (unpaired) electrons. The van der Waals surface area contributed by atoms with Crippen molar-refractivity contribution in [3.8, 4) is 0 Å². The summed E-state index contributed by atoms with van der Waals surface area (Å²) in [5, 5.41) is 8.32. The lowest BCUT2D eigenvalue weighted by atomic mass is 9.88. The zero-order valence-corrected chi connectivity index (χ0v) is 23.8. The van der Waals surface area contributed by atoms with E-state index in [2.05, 4.69) is 126 Å². The van der Waals surface area contributed by atoms with Gasteiger partial charge in [-0.05, 0) is 76.4 Å². The first-order chi connectivity index (χ1) is 21.2. The Morgan fingerprint density at radius 1 is 0.814 bits per heavy atom. The second kappa shape index (κ2) is 10.3. The van der Waals surface area contributed by atoms with Crippen LogP contribution in [-0.2, 0) is 0 Å². The van der Waals surface area contributed by atoms with E-state index in [-0.39, 0.29) is 6.04 Å². The van der Waals surface area contributed by atoms with Gasteiger partial charge in [-0.2, -0.15) is 0 Å². The average Bonchev–Trinajstić information content (AvgIpc) is 3.57. The van der Waals surface area contributed by atoms with E-state index in [4.69, 9.17) is 10.3 Å². The highest BCUT2D eigenvalue weighted by atomic mass is 16.3. The molecule has 1 unspecified atom stereocenters. The Morgan fingerprint density at radius 3 is 2.00 bits per heavy atom. The van der Waals surface area contributed by atoms with Crippen LogP contribution >= 0.6 is 0 Å². The number of hydrogen-bond donors (Lipinski definition) is 2. The van der Waals surface area contributed by atoms with Gasteiger partial charge in [0.25, 0.3) is 0 Å². The molecule has 8 rings (SSSR count). The Morgan fingerprint density at radius 2 is 1.42 bits per heavy atom. The molecular formula is C39H31N3O. The molecule has 4 nitrogen and oxygen atoms in total. The van der Waals surface area contributed by atoms with Crippen LogP contribution in [0.2, 0.25) is 0 Å². The smallest absolute Gasteiger partial charge is 0.135 e. The monoisotopic (exact) mass is 557 g/mol. The largest absolute Gasteiger partial charge is 0.456 e. The van der Waals surface area contributed by atoms with E-state index in [1.54, 1.807) is 6.08 Å². The predicted octanol–water partition coefficient (Wildman–Crippen LogP) is 9.60. The van der Waals surface area contributed by atoms with Gasteiger partial charge in [0.15, 0.2) is 0 Å². The zero-order valence-electron chi connectivity index (χ0n) is 23.8. The normalized spacial score (nSPS) is 14.7. The first-order valence-electron chi connectivity index (χ1n) is 14.8. The Labute approximate surface area is 249 Å². The standard InChI is InChI=1S/C39H31N3O/c1-2-36-38(30-18-10-11-19-37(30)43-36)33(39(41-40)25-12-4-3-5-13-25)24-42-34-22-28-16-8-6-14-26(28)20-31(34)32-21-27-15-7-9-17-29(27)23-35(32)42/h2-4,6-12,14-24,39,41H,1,5,13,40H2/b33-24+. The van der Waals surface area contributed by atoms with E-state index in [9.17, 15) is 0 Å². The Balaban J connectivity index is 1.52. The lowest BCUT2D eigenvalue weighted by Crippen LogP contribution is -2.38. The first kappa shape index (κ1) is 25.5. The van der Waals surface area contributed by atoms with Crippen LogP contribution in [0, 0.1) is 0 Å². The zero-order chi connectivity index (χ0) is 28.9. The fraction of sp³-hybridized carbons (Fsp3) is 0.0769. The Hall–Kier alpha value is -5.16. The fourth-order valence-corrected chi connectivity index (χ4v) is 6.74. The van der Waals surface area contributed by atoms with Crippen LogP contribution in [0.4, 0.5) is 0 Å². The molecule has 0 spiro atoms. The van der Waals surface area contributed by atoms with Crippen LogP contribution in [-0.4, -0.2) is 10.6 Å². The molecule has 1 aliphatic carbocycles. The van der Waals surface area contributed by atoms with Crippen molar-refractivity contribution in [1.29, 1.82) is 0 Å². The molecule has 0 aliphatic heterocycles. The van der Waals surface area contributed by atoms with Gasteiger partial charge in [0.2, 0.25) is 0 Å². The summed E-state index contributed by atoms with van der Waals surface area (Å²) in [5.74, 6) is 7.16. The number of fused-ring (bicyclic) bond motifs is 6. The summed E-state index contributed by atoms with van der Waals surface area (Å²) in [6.45, 7) is 4.13. The summed E-state index contributed by atoms with van der Waals surface area (Å²) < 4.78 is 8.69. The number of nitrogens with one attached hydrogen (secondary N) is 1. The Bertz CT molecular complexity index is 2220. The van der Waals surface area contributed by atoms with Crippen LogP contribution in [0.15, 0.2) is 132 Å². The minimum Gasteiger partial charge on any atom is -0.456 e. The van der Waals surface area contributed by atoms with Gasteiger partial charge in [0.1, 0.15) is 11.3 Å². The second-order valence-electron chi connectivity index (χ2n) is 11.2. The number of hydrogen-bond acceptors (Lipinski definition) is 3. The van der Waals surface area contributed by atoms with E-state index >= 15 is 0 Å². The highest BCUT2D eigenvalue weighted by Gasteiger charge is 2.26. The molecule has 0 saturated heterocycles. The van der Waals surface area contributed by atoms with Crippen molar-refractivity contribution < 1.29 is 4.42 Å². The number of hydrazine groups is 1. The van der Waals surface area contributed by atoms with Crippen LogP contribution in [0.25, 0.3) is 72.2 Å². The minimum atomic E-state index is -0.238. The quantitative estimate of drug-likeness (QED) is 0.158. The molecule has 208 valence electrons. The van der Waals surface area contributed by atoms with Crippen molar-refractivity contribution in [3.63, 3.8) is 0 Å². The van der Waals surface area contributed by atoms with E-state index in [0.29, 0.717) is 0 Å². The number of rotatable bonds is 6. The third kappa shape index (κ3) is 4.15. The number of furan rings is 1. The number of nitrogens with two attached hydrogens (primary N) is 1. The molecule has 4 heteroatoms. The molecule has 1 aliphatic rings. The maximum atomic E-state index is 6.43. The van der Waals surface area contributed by atoms with Gasteiger partial charge in [0.05, 0.1) is 17.1 Å². The van der Waals surface area contributed by atoms with Crippen molar-refractivity contribution in [3.05, 3.63) is 139 Å². The highest BCUT2D eigenvalue weighted by Crippen LogP contribution is 2.40. The number of benzene rings is 5. The molecule has 0 amide bonds. The highest BCUT2D eigenvalue weighted by molar-refractivity contribution is 6.17. The summed E-state index contributed by atoms with van der Waals surface area (Å²) in [7, 11) is 0. The van der Waals surface area contributed by atoms with E-state index in [1.165, 1.54) is 37.9 Å².